The van der Waals surface area contributed by atoms with Crippen LogP contribution in [0.15, 0.2) is 58.9 Å². The van der Waals surface area contributed by atoms with Crippen molar-refractivity contribution < 1.29 is 28.7 Å². The first kappa shape index (κ1) is 22.2. The van der Waals surface area contributed by atoms with Crippen LogP contribution < -0.4 is 0 Å². The third kappa shape index (κ3) is 3.86. The number of rotatable bonds is 6. The second-order valence-corrected chi connectivity index (χ2v) is 7.80. The van der Waals surface area contributed by atoms with E-state index in [0.29, 0.717) is 28.2 Å². The predicted octanol–water partition coefficient (Wildman–Crippen LogP) is 2.48. The topological polar surface area (TPSA) is 118 Å². The molecule has 2 aliphatic heterocycles. The van der Waals surface area contributed by atoms with Crippen molar-refractivity contribution in [1.29, 1.82) is 0 Å². The molecule has 2 unspecified atom stereocenters. The number of carbonyl (C=O) groups is 4. The summed E-state index contributed by atoms with van der Waals surface area (Å²) in [7, 11) is 1.28. The number of imide groups is 1. The molecule has 0 fully saturated rings. The van der Waals surface area contributed by atoms with Crippen LogP contribution in [0.1, 0.15) is 46.2 Å². The fraction of sp³-hybridized carbons (Fsp3) is 0.292. The van der Waals surface area contributed by atoms with E-state index < -0.39 is 35.6 Å². The number of carbonyl (C=O) groups excluding carboxylic acids is 4. The Morgan fingerprint density at radius 2 is 1.73 bits per heavy atom. The van der Waals surface area contributed by atoms with Gasteiger partial charge in [0.15, 0.2) is 0 Å². The molecule has 9 heteroatoms. The summed E-state index contributed by atoms with van der Waals surface area (Å²) in [5.41, 5.74) is 2.49. The molecule has 2 atom stereocenters. The van der Waals surface area contributed by atoms with Gasteiger partial charge in [-0.25, -0.2) is 4.79 Å². The van der Waals surface area contributed by atoms with Gasteiger partial charge in [-0.3, -0.25) is 24.3 Å². The van der Waals surface area contributed by atoms with E-state index in [1.54, 1.807) is 56.4 Å². The van der Waals surface area contributed by atoms with Gasteiger partial charge >= 0.3 is 11.9 Å². The highest BCUT2D eigenvalue weighted by molar-refractivity contribution is 6.21. The Kier molecular flexibility index (Phi) is 5.95. The lowest BCUT2D eigenvalue weighted by Gasteiger charge is -2.30. The zero-order valence-corrected chi connectivity index (χ0v) is 18.5. The number of methoxy groups -OCH3 is 1. The van der Waals surface area contributed by atoms with Gasteiger partial charge in [0.1, 0.15) is 12.5 Å². The molecule has 9 nitrogen and oxygen atoms in total. The van der Waals surface area contributed by atoms with E-state index in [1.807, 2.05) is 0 Å². The minimum atomic E-state index is -0.795. The zero-order valence-electron chi connectivity index (χ0n) is 18.5. The predicted molar refractivity (Wildman–Crippen MR) is 118 cm³/mol. The van der Waals surface area contributed by atoms with Crippen LogP contribution in [0, 0.1) is 5.92 Å². The lowest BCUT2D eigenvalue weighted by Crippen LogP contribution is -2.37. The number of ether oxygens (including phenoxy) is 2. The molecule has 2 amide bonds. The van der Waals surface area contributed by atoms with Crippen LogP contribution in [0.2, 0.25) is 0 Å². The van der Waals surface area contributed by atoms with E-state index in [9.17, 15) is 19.2 Å². The van der Waals surface area contributed by atoms with Crippen LogP contribution >= 0.6 is 0 Å². The molecule has 1 aromatic carbocycles. The largest absolute Gasteiger partial charge is 0.468 e. The summed E-state index contributed by atoms with van der Waals surface area (Å²) in [4.78, 5) is 59.2. The van der Waals surface area contributed by atoms with Crippen molar-refractivity contribution in [2.75, 3.05) is 20.3 Å². The quantitative estimate of drug-likeness (QED) is 0.535. The van der Waals surface area contributed by atoms with Gasteiger partial charge in [0, 0.05) is 23.3 Å². The number of nitrogens with one attached hydrogen (secondary N) is 1. The SMILES string of the molecule is COC(=O)C1C(C)=NC(C)=C(C(=O)OCCN2C(=O)c3ccccc3C2=O)C1c1ccc[nH]1. The fourth-order valence-corrected chi connectivity index (χ4v) is 4.36. The zero-order chi connectivity index (χ0) is 23.7. The Labute approximate surface area is 190 Å². The minimum Gasteiger partial charge on any atom is -0.468 e. The van der Waals surface area contributed by atoms with E-state index in [2.05, 4.69) is 9.98 Å². The number of hydrogen-bond acceptors (Lipinski definition) is 7. The molecule has 1 aromatic heterocycles. The molecule has 0 saturated heterocycles. The molecule has 0 aliphatic carbocycles. The van der Waals surface area contributed by atoms with Crippen molar-refractivity contribution in [3.63, 3.8) is 0 Å². The molecule has 0 bridgehead atoms. The first-order chi connectivity index (χ1) is 15.8. The molecule has 1 N–H and O–H groups in total. The van der Waals surface area contributed by atoms with Gasteiger partial charge in [-0.05, 0) is 38.1 Å². The average molecular weight is 449 g/mol. The molecule has 0 radical (unpaired) electrons. The third-order valence-corrected chi connectivity index (χ3v) is 5.89. The van der Waals surface area contributed by atoms with Crippen molar-refractivity contribution >= 4 is 29.5 Å². The summed E-state index contributed by atoms with van der Waals surface area (Å²) in [6, 6.07) is 10.1. The van der Waals surface area contributed by atoms with Gasteiger partial charge in [0.05, 0.1) is 36.3 Å². The molecular formula is C24H23N3O6. The first-order valence-corrected chi connectivity index (χ1v) is 10.4. The van der Waals surface area contributed by atoms with Crippen molar-refractivity contribution in [2.45, 2.75) is 19.8 Å². The summed E-state index contributed by atoms with van der Waals surface area (Å²) in [6.07, 6.45) is 1.70. The highest BCUT2D eigenvalue weighted by Crippen LogP contribution is 2.39. The van der Waals surface area contributed by atoms with Gasteiger partial charge in [0.25, 0.3) is 11.8 Å². The number of amides is 2. The van der Waals surface area contributed by atoms with E-state index in [-0.39, 0.29) is 18.7 Å². The minimum absolute atomic E-state index is 0.0830. The van der Waals surface area contributed by atoms with Gasteiger partial charge in [-0.15, -0.1) is 0 Å². The molecule has 3 heterocycles. The number of nitrogens with zero attached hydrogens (tertiary/aromatic N) is 2. The van der Waals surface area contributed by atoms with Crippen LogP contribution in [0.3, 0.4) is 0 Å². The first-order valence-electron chi connectivity index (χ1n) is 10.4. The maximum atomic E-state index is 13.1. The Morgan fingerprint density at radius 1 is 1.06 bits per heavy atom. The Balaban J connectivity index is 1.53. The lowest BCUT2D eigenvalue weighted by atomic mass is 9.78. The number of allylic oxidation sites excluding steroid dienone is 1. The van der Waals surface area contributed by atoms with Gasteiger partial charge in [-0.1, -0.05) is 12.1 Å². The number of aromatic amines is 1. The van der Waals surface area contributed by atoms with Crippen LogP contribution in [0.5, 0.6) is 0 Å². The van der Waals surface area contributed by atoms with Crippen LogP contribution in [0.25, 0.3) is 0 Å². The molecule has 4 rings (SSSR count). The number of benzene rings is 1. The van der Waals surface area contributed by atoms with Crippen molar-refractivity contribution in [3.8, 4) is 0 Å². The van der Waals surface area contributed by atoms with Crippen LogP contribution in [0.4, 0.5) is 0 Å². The van der Waals surface area contributed by atoms with E-state index in [1.165, 1.54) is 7.11 Å². The standard InChI is InChI=1S/C24H23N3O6/c1-13-18(23(30)32-3)20(17-9-6-10-25-17)19(14(2)26-13)24(31)33-12-11-27-21(28)15-7-4-5-8-16(15)22(27)29/h4-10,18,20,25H,11-12H2,1-3H3. The highest BCUT2D eigenvalue weighted by Gasteiger charge is 2.43. The molecule has 0 spiro atoms. The monoisotopic (exact) mass is 449 g/mol. The number of hydrogen-bond donors (Lipinski definition) is 1. The molecule has 0 saturated carbocycles. The number of aromatic nitrogens is 1. The molecule has 33 heavy (non-hydrogen) atoms. The lowest BCUT2D eigenvalue weighted by molar-refractivity contribution is -0.144. The maximum Gasteiger partial charge on any atom is 0.336 e. The third-order valence-electron chi connectivity index (χ3n) is 5.89. The normalized spacial score (nSPS) is 20.0. The summed E-state index contributed by atoms with van der Waals surface area (Å²) in [5.74, 6) is -3.49. The number of esters is 2. The van der Waals surface area contributed by atoms with Gasteiger partial charge < -0.3 is 14.5 Å². The smallest absolute Gasteiger partial charge is 0.336 e. The Morgan fingerprint density at radius 3 is 2.30 bits per heavy atom. The highest BCUT2D eigenvalue weighted by atomic mass is 16.5. The van der Waals surface area contributed by atoms with Gasteiger partial charge in [0.2, 0.25) is 0 Å². The summed E-state index contributed by atoms with van der Waals surface area (Å²) < 4.78 is 10.4. The number of H-pyrrole nitrogens is 1. The molecular weight excluding hydrogens is 426 g/mol. The Hall–Kier alpha value is -4.01. The second-order valence-electron chi connectivity index (χ2n) is 7.80. The fourth-order valence-electron chi connectivity index (χ4n) is 4.36. The molecule has 170 valence electrons. The second kappa shape index (κ2) is 8.85. The van der Waals surface area contributed by atoms with Crippen LogP contribution in [-0.4, -0.2) is 59.6 Å². The van der Waals surface area contributed by atoms with Crippen molar-refractivity contribution in [2.24, 2.45) is 10.9 Å². The molecule has 2 aromatic rings. The Bertz CT molecular complexity index is 1160. The maximum absolute atomic E-state index is 13.1. The summed E-state index contributed by atoms with van der Waals surface area (Å²) in [5, 5.41) is 0. The van der Waals surface area contributed by atoms with Crippen molar-refractivity contribution in [3.05, 3.63) is 70.7 Å². The van der Waals surface area contributed by atoms with Crippen LogP contribution in [-0.2, 0) is 19.1 Å². The van der Waals surface area contributed by atoms with E-state index in [0.717, 1.165) is 4.90 Å². The summed E-state index contributed by atoms with van der Waals surface area (Å²) in [6.45, 7) is 3.11. The average Bonchev–Trinajstić information content (AvgIpc) is 3.41. The summed E-state index contributed by atoms with van der Waals surface area (Å²) >= 11 is 0. The van der Waals surface area contributed by atoms with E-state index >= 15 is 0 Å². The number of aliphatic imine (C=N–C) groups is 1. The number of fused-ring (bicyclic) bond motifs is 1. The van der Waals surface area contributed by atoms with Crippen molar-refractivity contribution in [1.82, 2.24) is 9.88 Å². The van der Waals surface area contributed by atoms with Gasteiger partial charge in [-0.2, -0.15) is 0 Å². The van der Waals surface area contributed by atoms with E-state index in [4.69, 9.17) is 9.47 Å². The molecule has 2 aliphatic rings.